The van der Waals surface area contributed by atoms with Gasteiger partial charge in [0.1, 0.15) is 24.3 Å². The second kappa shape index (κ2) is 7.74. The van der Waals surface area contributed by atoms with E-state index in [9.17, 15) is 4.79 Å². The molecule has 0 aliphatic heterocycles. The fourth-order valence-electron chi connectivity index (χ4n) is 2.28. The van der Waals surface area contributed by atoms with Crippen molar-refractivity contribution >= 4 is 17.3 Å². The summed E-state index contributed by atoms with van der Waals surface area (Å²) in [5.41, 5.74) is 1.85. The number of ether oxygens (including phenoxy) is 2. The van der Waals surface area contributed by atoms with Crippen molar-refractivity contribution in [3.05, 3.63) is 59.3 Å². The number of hydrogen-bond acceptors (Lipinski definition) is 6. The van der Waals surface area contributed by atoms with Crippen molar-refractivity contribution in [1.29, 1.82) is 0 Å². The molecule has 2 heterocycles. The van der Waals surface area contributed by atoms with Crippen molar-refractivity contribution in [2.24, 2.45) is 0 Å². The van der Waals surface area contributed by atoms with Crippen LogP contribution in [0.25, 0.3) is 10.8 Å². The van der Waals surface area contributed by atoms with Gasteiger partial charge in [-0.1, -0.05) is 39.0 Å². The Bertz CT molecular complexity index is 845. The predicted molar refractivity (Wildman–Crippen MR) is 100 cm³/mol. The number of oxazole rings is 1. The lowest BCUT2D eigenvalue weighted by molar-refractivity contribution is -0.147. The first-order valence-corrected chi connectivity index (χ1v) is 9.17. The lowest BCUT2D eigenvalue weighted by Gasteiger charge is -2.19. The van der Waals surface area contributed by atoms with Gasteiger partial charge in [-0.3, -0.25) is 0 Å². The fraction of sp³-hybridized carbons (Fsp3) is 0.300. The third-order valence-corrected chi connectivity index (χ3v) is 4.60. The van der Waals surface area contributed by atoms with E-state index < -0.39 is 5.97 Å². The Hall–Kier alpha value is -2.60. The summed E-state index contributed by atoms with van der Waals surface area (Å²) < 4.78 is 16.0. The molecule has 1 aromatic carbocycles. The minimum Gasteiger partial charge on any atom is -0.482 e. The predicted octanol–water partition coefficient (Wildman–Crippen LogP) is 4.82. The standard InChI is InChI=1S/C20H21NO4S/c1-20(2,3)14-6-8-16(9-7-14)23-13-18(22)24-11-15-12-25-19(21-15)17-5-4-10-26-17/h4-10,12H,11,13H2,1-3H3. The molecule has 5 nitrogen and oxygen atoms in total. The van der Waals surface area contributed by atoms with Crippen molar-refractivity contribution in [3.63, 3.8) is 0 Å². The Morgan fingerprint density at radius 3 is 2.62 bits per heavy atom. The molecule has 0 N–H and O–H groups in total. The zero-order valence-electron chi connectivity index (χ0n) is 15.0. The highest BCUT2D eigenvalue weighted by Gasteiger charge is 2.14. The van der Waals surface area contributed by atoms with Gasteiger partial charge in [-0.25, -0.2) is 9.78 Å². The normalized spacial score (nSPS) is 11.3. The summed E-state index contributed by atoms with van der Waals surface area (Å²) in [5, 5.41) is 1.95. The van der Waals surface area contributed by atoms with E-state index >= 15 is 0 Å². The summed E-state index contributed by atoms with van der Waals surface area (Å²) in [5.74, 6) is 0.711. The lowest BCUT2D eigenvalue weighted by Crippen LogP contribution is -2.15. The average Bonchev–Trinajstić information content (AvgIpc) is 3.29. The van der Waals surface area contributed by atoms with Gasteiger partial charge >= 0.3 is 5.97 Å². The van der Waals surface area contributed by atoms with Gasteiger partial charge in [0.25, 0.3) is 0 Å². The molecule has 0 atom stereocenters. The summed E-state index contributed by atoms with van der Waals surface area (Å²) in [7, 11) is 0. The third-order valence-electron chi connectivity index (χ3n) is 3.74. The molecule has 0 aliphatic rings. The lowest BCUT2D eigenvalue weighted by atomic mass is 9.87. The zero-order valence-corrected chi connectivity index (χ0v) is 15.8. The molecular weight excluding hydrogens is 350 g/mol. The van der Waals surface area contributed by atoms with Crippen molar-refractivity contribution < 1.29 is 18.7 Å². The van der Waals surface area contributed by atoms with Crippen LogP contribution in [0.4, 0.5) is 0 Å². The monoisotopic (exact) mass is 371 g/mol. The SMILES string of the molecule is CC(C)(C)c1ccc(OCC(=O)OCc2coc(-c3cccs3)n2)cc1. The smallest absolute Gasteiger partial charge is 0.344 e. The molecule has 0 amide bonds. The second-order valence-electron chi connectivity index (χ2n) is 6.85. The summed E-state index contributed by atoms with van der Waals surface area (Å²) in [6.45, 7) is 6.35. The van der Waals surface area contributed by atoms with Crippen LogP contribution in [0.5, 0.6) is 5.75 Å². The molecule has 0 saturated carbocycles. The van der Waals surface area contributed by atoms with E-state index in [0.717, 1.165) is 4.88 Å². The van der Waals surface area contributed by atoms with Gasteiger partial charge in [0, 0.05) is 0 Å². The van der Waals surface area contributed by atoms with Crippen molar-refractivity contribution in [1.82, 2.24) is 4.98 Å². The molecule has 0 fully saturated rings. The average molecular weight is 371 g/mol. The van der Waals surface area contributed by atoms with Gasteiger partial charge in [-0.2, -0.15) is 0 Å². The number of hydrogen-bond donors (Lipinski definition) is 0. The minimum atomic E-state index is -0.453. The molecule has 0 radical (unpaired) electrons. The molecule has 0 bridgehead atoms. The maximum absolute atomic E-state index is 11.8. The zero-order chi connectivity index (χ0) is 18.6. The molecule has 3 rings (SSSR count). The Kier molecular flexibility index (Phi) is 5.42. The van der Waals surface area contributed by atoms with Crippen molar-refractivity contribution in [3.8, 4) is 16.5 Å². The van der Waals surface area contributed by atoms with Crippen molar-refractivity contribution in [2.75, 3.05) is 6.61 Å². The van der Waals surface area contributed by atoms with Gasteiger partial charge in [0.05, 0.1) is 4.88 Å². The van der Waals surface area contributed by atoms with Crippen LogP contribution in [0.2, 0.25) is 0 Å². The number of carbonyl (C=O) groups is 1. The van der Waals surface area contributed by atoms with Crippen LogP contribution in [0.3, 0.4) is 0 Å². The van der Waals surface area contributed by atoms with Crippen LogP contribution in [-0.2, 0) is 21.6 Å². The molecule has 0 unspecified atom stereocenters. The third kappa shape index (κ3) is 4.73. The maximum Gasteiger partial charge on any atom is 0.344 e. The van der Waals surface area contributed by atoms with Gasteiger partial charge in [-0.15, -0.1) is 11.3 Å². The van der Waals surface area contributed by atoms with E-state index in [-0.39, 0.29) is 18.6 Å². The first kappa shape index (κ1) is 18.2. The summed E-state index contributed by atoms with van der Waals surface area (Å²) in [6, 6.07) is 11.6. The Labute approximate surface area is 156 Å². The van der Waals surface area contributed by atoms with E-state index in [1.165, 1.54) is 23.2 Å². The number of esters is 1. The summed E-state index contributed by atoms with van der Waals surface area (Å²) >= 11 is 1.54. The van der Waals surface area contributed by atoms with Gasteiger partial charge < -0.3 is 13.9 Å². The van der Waals surface area contributed by atoms with Crippen molar-refractivity contribution in [2.45, 2.75) is 32.8 Å². The molecule has 6 heteroatoms. The van der Waals surface area contributed by atoms with E-state index in [1.54, 1.807) is 0 Å². The van der Waals surface area contributed by atoms with Crippen LogP contribution in [0.15, 0.2) is 52.5 Å². The maximum atomic E-state index is 11.8. The van der Waals surface area contributed by atoms with Crippen LogP contribution >= 0.6 is 11.3 Å². The summed E-state index contributed by atoms with van der Waals surface area (Å²) in [6.07, 6.45) is 1.49. The van der Waals surface area contributed by atoms with Gasteiger partial charge in [0.15, 0.2) is 6.61 Å². The number of nitrogens with zero attached hydrogens (tertiary/aromatic N) is 1. The number of thiophene rings is 1. The molecule has 0 aliphatic carbocycles. The molecule has 136 valence electrons. The number of carbonyl (C=O) groups excluding carboxylic acids is 1. The Morgan fingerprint density at radius 2 is 1.96 bits per heavy atom. The molecule has 3 aromatic rings. The first-order chi connectivity index (χ1) is 12.4. The topological polar surface area (TPSA) is 61.6 Å². The number of benzene rings is 1. The van der Waals surface area contributed by atoms with Gasteiger partial charge in [-0.05, 0) is 34.6 Å². The Balaban J connectivity index is 1.46. The number of aromatic nitrogens is 1. The second-order valence-corrected chi connectivity index (χ2v) is 7.79. The van der Waals surface area contributed by atoms with Crippen LogP contribution < -0.4 is 4.74 Å². The highest BCUT2D eigenvalue weighted by atomic mass is 32.1. The Morgan fingerprint density at radius 1 is 1.19 bits per heavy atom. The van der Waals surface area contributed by atoms with E-state index in [4.69, 9.17) is 13.9 Å². The highest BCUT2D eigenvalue weighted by molar-refractivity contribution is 7.13. The largest absolute Gasteiger partial charge is 0.482 e. The van der Waals surface area contributed by atoms with E-state index in [2.05, 4.69) is 25.8 Å². The number of rotatable bonds is 6. The quantitative estimate of drug-likeness (QED) is 0.581. The first-order valence-electron chi connectivity index (χ1n) is 8.29. The van der Waals surface area contributed by atoms with Gasteiger partial charge in [0.2, 0.25) is 5.89 Å². The molecule has 0 spiro atoms. The van der Waals surface area contributed by atoms with E-state index in [0.29, 0.717) is 17.3 Å². The summed E-state index contributed by atoms with van der Waals surface area (Å²) in [4.78, 5) is 17.1. The molecule has 26 heavy (non-hydrogen) atoms. The molecule has 2 aromatic heterocycles. The molecule has 0 saturated heterocycles. The minimum absolute atomic E-state index is 0.0556. The van der Waals surface area contributed by atoms with Crippen LogP contribution in [0, 0.1) is 0 Å². The van der Waals surface area contributed by atoms with Crippen LogP contribution in [-0.4, -0.2) is 17.6 Å². The highest BCUT2D eigenvalue weighted by Crippen LogP contribution is 2.25. The van der Waals surface area contributed by atoms with Crippen LogP contribution in [0.1, 0.15) is 32.0 Å². The fourth-order valence-corrected chi connectivity index (χ4v) is 2.93. The van der Waals surface area contributed by atoms with E-state index in [1.807, 2.05) is 41.8 Å². The molecular formula is C20H21NO4S.